The largest absolute Gasteiger partial charge is 0.497 e. The number of ether oxygens (including phenoxy) is 1. The van der Waals surface area contributed by atoms with Crippen LogP contribution in [0.3, 0.4) is 0 Å². The van der Waals surface area contributed by atoms with E-state index in [1.807, 2.05) is 0 Å². The van der Waals surface area contributed by atoms with Crippen molar-refractivity contribution in [1.82, 2.24) is 4.72 Å². The van der Waals surface area contributed by atoms with Crippen molar-refractivity contribution in [2.24, 2.45) is 0 Å². The maximum absolute atomic E-state index is 12.2. The van der Waals surface area contributed by atoms with Gasteiger partial charge in [0.15, 0.2) is 4.90 Å². The second-order valence-electron chi connectivity index (χ2n) is 4.99. The molecular weight excluding hydrogens is 300 g/mol. The van der Waals surface area contributed by atoms with Crippen LogP contribution in [0, 0.1) is 10.1 Å². The zero-order valence-electron chi connectivity index (χ0n) is 11.4. The van der Waals surface area contributed by atoms with Crippen LogP contribution in [-0.2, 0) is 10.0 Å². The van der Waals surface area contributed by atoms with Crippen molar-refractivity contribution < 1.29 is 23.2 Å². The first-order chi connectivity index (χ1) is 9.77. The quantitative estimate of drug-likeness (QED) is 0.592. The Balaban J connectivity index is 2.28. The van der Waals surface area contributed by atoms with Crippen molar-refractivity contribution in [3.63, 3.8) is 0 Å². The number of sulfonamides is 1. The first kappa shape index (κ1) is 15.7. The number of nitro benzene ring substituents is 1. The Hall–Kier alpha value is -1.71. The van der Waals surface area contributed by atoms with Crippen molar-refractivity contribution in [3.05, 3.63) is 28.3 Å². The summed E-state index contributed by atoms with van der Waals surface area (Å²) >= 11 is 0. The molecule has 2 N–H and O–H groups in total. The van der Waals surface area contributed by atoms with Gasteiger partial charge in [-0.2, -0.15) is 0 Å². The molecule has 0 bridgehead atoms. The van der Waals surface area contributed by atoms with E-state index in [9.17, 15) is 23.6 Å². The van der Waals surface area contributed by atoms with Gasteiger partial charge in [0.05, 0.1) is 23.7 Å². The van der Waals surface area contributed by atoms with E-state index >= 15 is 0 Å². The van der Waals surface area contributed by atoms with Crippen LogP contribution < -0.4 is 9.46 Å². The van der Waals surface area contributed by atoms with Crippen LogP contribution in [0.1, 0.15) is 19.3 Å². The monoisotopic (exact) mass is 316 g/mol. The van der Waals surface area contributed by atoms with Crippen LogP contribution in [0.5, 0.6) is 5.75 Å². The van der Waals surface area contributed by atoms with Gasteiger partial charge in [0.2, 0.25) is 10.0 Å². The summed E-state index contributed by atoms with van der Waals surface area (Å²) in [5.41, 5.74) is -1.61. The number of rotatable bonds is 6. The highest BCUT2D eigenvalue weighted by molar-refractivity contribution is 7.89. The summed E-state index contributed by atoms with van der Waals surface area (Å²) in [5, 5.41) is 20.9. The zero-order chi connectivity index (χ0) is 15.7. The van der Waals surface area contributed by atoms with Gasteiger partial charge in [0.25, 0.3) is 5.69 Å². The SMILES string of the molecule is COc1ccc(S(=O)(=O)NCC2(O)CCC2)c([N+](=O)[O-])c1. The summed E-state index contributed by atoms with van der Waals surface area (Å²) in [6, 6.07) is 3.50. The summed E-state index contributed by atoms with van der Waals surface area (Å²) in [5.74, 6) is 0.193. The minimum absolute atomic E-state index is 0.154. The lowest BCUT2D eigenvalue weighted by molar-refractivity contribution is -0.387. The second-order valence-corrected chi connectivity index (χ2v) is 6.73. The van der Waals surface area contributed by atoms with Crippen LogP contribution in [0.25, 0.3) is 0 Å². The molecule has 0 radical (unpaired) electrons. The summed E-state index contributed by atoms with van der Waals surface area (Å²) in [4.78, 5) is 9.78. The number of methoxy groups -OCH3 is 1. The normalized spacial score (nSPS) is 17.0. The van der Waals surface area contributed by atoms with Crippen LogP contribution in [0.2, 0.25) is 0 Å². The van der Waals surface area contributed by atoms with Gasteiger partial charge in [-0.25, -0.2) is 13.1 Å². The van der Waals surface area contributed by atoms with Crippen molar-refractivity contribution in [3.8, 4) is 5.75 Å². The molecule has 21 heavy (non-hydrogen) atoms. The molecule has 0 heterocycles. The van der Waals surface area contributed by atoms with Crippen LogP contribution in [0.15, 0.2) is 23.1 Å². The average Bonchev–Trinajstić information content (AvgIpc) is 2.42. The van der Waals surface area contributed by atoms with E-state index in [4.69, 9.17) is 4.74 Å². The number of nitrogens with zero attached hydrogens (tertiary/aromatic N) is 1. The fourth-order valence-electron chi connectivity index (χ4n) is 2.06. The number of aliphatic hydroxyl groups is 1. The molecule has 0 atom stereocenters. The molecule has 2 rings (SSSR count). The molecule has 1 aromatic carbocycles. The lowest BCUT2D eigenvalue weighted by atomic mass is 9.81. The van der Waals surface area contributed by atoms with E-state index in [0.717, 1.165) is 18.6 Å². The van der Waals surface area contributed by atoms with Gasteiger partial charge in [0, 0.05) is 6.54 Å². The molecule has 0 aromatic heterocycles. The maximum Gasteiger partial charge on any atom is 0.293 e. The Morgan fingerprint density at radius 1 is 1.48 bits per heavy atom. The molecule has 9 heteroatoms. The van der Waals surface area contributed by atoms with Gasteiger partial charge < -0.3 is 9.84 Å². The predicted molar refractivity (Wildman–Crippen MR) is 73.6 cm³/mol. The fourth-order valence-corrected chi connectivity index (χ4v) is 3.33. The highest BCUT2D eigenvalue weighted by Gasteiger charge is 2.36. The standard InChI is InChI=1S/C12H16N2O6S/c1-20-9-3-4-11(10(7-9)14(16)17)21(18,19)13-8-12(15)5-2-6-12/h3-4,7,13,15H,2,5-6,8H2,1H3. The molecule has 1 fully saturated rings. The Morgan fingerprint density at radius 2 is 2.14 bits per heavy atom. The molecule has 0 amide bonds. The Kier molecular flexibility index (Phi) is 4.17. The van der Waals surface area contributed by atoms with E-state index in [1.54, 1.807) is 0 Å². The minimum Gasteiger partial charge on any atom is -0.497 e. The number of hydrogen-bond acceptors (Lipinski definition) is 6. The number of nitro groups is 1. The van der Waals surface area contributed by atoms with Crippen LogP contribution >= 0.6 is 0 Å². The van der Waals surface area contributed by atoms with Crippen LogP contribution in [-0.4, -0.2) is 37.7 Å². The highest BCUT2D eigenvalue weighted by atomic mass is 32.2. The van der Waals surface area contributed by atoms with E-state index in [2.05, 4.69) is 4.72 Å². The fraction of sp³-hybridized carbons (Fsp3) is 0.500. The summed E-state index contributed by atoms with van der Waals surface area (Å²) in [6.07, 6.45) is 1.86. The summed E-state index contributed by atoms with van der Waals surface area (Å²) < 4.78 is 31.4. The lowest BCUT2D eigenvalue weighted by Gasteiger charge is -2.36. The Bertz CT molecular complexity index is 654. The topological polar surface area (TPSA) is 119 Å². The summed E-state index contributed by atoms with van der Waals surface area (Å²) in [7, 11) is -2.75. The Morgan fingerprint density at radius 3 is 2.62 bits per heavy atom. The van der Waals surface area contributed by atoms with E-state index in [-0.39, 0.29) is 12.3 Å². The van der Waals surface area contributed by atoms with Crippen molar-refractivity contribution >= 4 is 15.7 Å². The average molecular weight is 316 g/mol. The maximum atomic E-state index is 12.2. The Labute approximate surface area is 121 Å². The third-order valence-electron chi connectivity index (χ3n) is 3.53. The first-order valence-corrected chi connectivity index (χ1v) is 7.80. The molecule has 8 nitrogen and oxygen atoms in total. The van der Waals surface area contributed by atoms with Crippen LogP contribution in [0.4, 0.5) is 5.69 Å². The van der Waals surface area contributed by atoms with Gasteiger partial charge in [-0.1, -0.05) is 0 Å². The number of benzene rings is 1. The van der Waals surface area contributed by atoms with Gasteiger partial charge in [-0.15, -0.1) is 0 Å². The van der Waals surface area contributed by atoms with Gasteiger partial charge in [-0.05, 0) is 31.4 Å². The first-order valence-electron chi connectivity index (χ1n) is 6.32. The third kappa shape index (κ3) is 3.31. The van der Waals surface area contributed by atoms with Crippen molar-refractivity contribution in [2.75, 3.05) is 13.7 Å². The molecule has 1 aromatic rings. The van der Waals surface area contributed by atoms with Crippen molar-refractivity contribution in [2.45, 2.75) is 29.8 Å². The van der Waals surface area contributed by atoms with E-state index in [1.165, 1.54) is 13.2 Å². The van der Waals surface area contributed by atoms with Gasteiger partial charge >= 0.3 is 0 Å². The second kappa shape index (κ2) is 5.58. The molecule has 1 aliphatic rings. The number of hydrogen-bond donors (Lipinski definition) is 2. The molecule has 0 unspecified atom stereocenters. The molecule has 116 valence electrons. The molecular formula is C12H16N2O6S. The minimum atomic E-state index is -4.08. The van der Waals surface area contributed by atoms with E-state index in [0.29, 0.717) is 12.8 Å². The predicted octanol–water partition coefficient (Wildman–Crippen LogP) is 0.797. The molecule has 1 saturated carbocycles. The lowest BCUT2D eigenvalue weighted by Crippen LogP contribution is -2.47. The zero-order valence-corrected chi connectivity index (χ0v) is 12.2. The third-order valence-corrected chi connectivity index (χ3v) is 4.98. The smallest absolute Gasteiger partial charge is 0.293 e. The van der Waals surface area contributed by atoms with Crippen molar-refractivity contribution in [1.29, 1.82) is 0 Å². The molecule has 0 spiro atoms. The van der Waals surface area contributed by atoms with E-state index < -0.39 is 31.1 Å². The van der Waals surface area contributed by atoms with Gasteiger partial charge in [-0.3, -0.25) is 10.1 Å². The number of nitrogens with one attached hydrogen (secondary N) is 1. The summed E-state index contributed by atoms with van der Waals surface area (Å²) in [6.45, 7) is -0.154. The molecule has 1 aliphatic carbocycles. The van der Waals surface area contributed by atoms with Gasteiger partial charge in [0.1, 0.15) is 5.75 Å². The highest BCUT2D eigenvalue weighted by Crippen LogP contribution is 2.32. The molecule has 0 aliphatic heterocycles. The molecule has 0 saturated heterocycles.